The van der Waals surface area contributed by atoms with Gasteiger partial charge in [0, 0.05) is 29.3 Å². The fourth-order valence-corrected chi connectivity index (χ4v) is 4.30. The van der Waals surface area contributed by atoms with Gasteiger partial charge >= 0.3 is 5.97 Å². The SMILES string of the molecule is COc1cc([C@H]2C3=C(CC(C)(C)CC3=O)N=C(C)C2C(=O)OC(C)C)ccc1O. The lowest BCUT2D eigenvalue weighted by Crippen LogP contribution is -2.40. The van der Waals surface area contributed by atoms with Crippen LogP contribution in [-0.4, -0.2) is 35.8 Å². The van der Waals surface area contributed by atoms with Gasteiger partial charge in [-0.3, -0.25) is 14.6 Å². The summed E-state index contributed by atoms with van der Waals surface area (Å²) in [6, 6.07) is 4.94. The Kier molecular flexibility index (Phi) is 5.57. The Labute approximate surface area is 171 Å². The smallest absolute Gasteiger partial charge is 0.315 e. The Hall–Kier alpha value is -2.63. The Balaban J connectivity index is 2.19. The number of Topliss-reactive ketones (excluding diaryl/α,β-unsaturated/α-hetero) is 1. The van der Waals surface area contributed by atoms with Crippen molar-refractivity contribution in [1.82, 2.24) is 0 Å². The lowest BCUT2D eigenvalue weighted by molar-refractivity contribution is -0.150. The molecule has 0 amide bonds. The number of methoxy groups -OCH3 is 1. The number of carbonyl (C=O) groups excluding carboxylic acids is 2. The summed E-state index contributed by atoms with van der Waals surface area (Å²) in [5, 5.41) is 10.0. The van der Waals surface area contributed by atoms with Crippen LogP contribution in [-0.2, 0) is 14.3 Å². The maximum Gasteiger partial charge on any atom is 0.315 e. The molecule has 6 heteroatoms. The van der Waals surface area contributed by atoms with Gasteiger partial charge in [0.05, 0.1) is 13.2 Å². The molecule has 29 heavy (non-hydrogen) atoms. The molecule has 0 radical (unpaired) electrons. The first-order valence-corrected chi connectivity index (χ1v) is 9.93. The summed E-state index contributed by atoms with van der Waals surface area (Å²) in [5.41, 5.74) is 2.50. The van der Waals surface area contributed by atoms with Gasteiger partial charge in [-0.25, -0.2) is 0 Å². The average Bonchev–Trinajstić information content (AvgIpc) is 2.59. The quantitative estimate of drug-likeness (QED) is 0.768. The van der Waals surface area contributed by atoms with Crippen LogP contribution >= 0.6 is 0 Å². The molecule has 0 fully saturated rings. The van der Waals surface area contributed by atoms with E-state index in [1.54, 1.807) is 26.0 Å². The van der Waals surface area contributed by atoms with E-state index < -0.39 is 17.8 Å². The molecule has 1 aromatic carbocycles. The lowest BCUT2D eigenvalue weighted by Gasteiger charge is -2.39. The molecule has 0 bridgehead atoms. The molecule has 1 N–H and O–H groups in total. The van der Waals surface area contributed by atoms with Crippen LogP contribution < -0.4 is 4.74 Å². The predicted molar refractivity (Wildman–Crippen MR) is 110 cm³/mol. The van der Waals surface area contributed by atoms with Crippen molar-refractivity contribution in [3.8, 4) is 11.5 Å². The van der Waals surface area contributed by atoms with Crippen molar-refractivity contribution < 1.29 is 24.2 Å². The number of esters is 1. The summed E-state index contributed by atoms with van der Waals surface area (Å²) >= 11 is 0. The molecule has 3 rings (SSSR count). The summed E-state index contributed by atoms with van der Waals surface area (Å²) in [6.07, 6.45) is 0.794. The van der Waals surface area contributed by atoms with Crippen molar-refractivity contribution in [2.45, 2.75) is 59.5 Å². The minimum absolute atomic E-state index is 0.00376. The fourth-order valence-electron chi connectivity index (χ4n) is 4.30. The highest BCUT2D eigenvalue weighted by Crippen LogP contribution is 2.48. The second-order valence-electron chi connectivity index (χ2n) is 8.93. The highest BCUT2D eigenvalue weighted by Gasteiger charge is 2.46. The molecule has 1 aliphatic carbocycles. The van der Waals surface area contributed by atoms with Crippen LogP contribution in [0.1, 0.15) is 58.9 Å². The van der Waals surface area contributed by atoms with E-state index in [-0.39, 0.29) is 23.1 Å². The van der Waals surface area contributed by atoms with Crippen molar-refractivity contribution in [3.63, 3.8) is 0 Å². The molecule has 1 aromatic rings. The van der Waals surface area contributed by atoms with Crippen molar-refractivity contribution >= 4 is 17.5 Å². The molecule has 0 saturated heterocycles. The maximum atomic E-state index is 13.2. The van der Waals surface area contributed by atoms with Crippen LogP contribution in [0.25, 0.3) is 0 Å². The van der Waals surface area contributed by atoms with E-state index in [0.29, 0.717) is 29.9 Å². The van der Waals surface area contributed by atoms with Crippen LogP contribution in [0.15, 0.2) is 34.5 Å². The maximum absolute atomic E-state index is 13.2. The van der Waals surface area contributed by atoms with Crippen molar-refractivity contribution in [2.24, 2.45) is 16.3 Å². The van der Waals surface area contributed by atoms with Crippen LogP contribution in [0.3, 0.4) is 0 Å². The molecule has 6 nitrogen and oxygen atoms in total. The third kappa shape index (κ3) is 4.07. The van der Waals surface area contributed by atoms with E-state index in [0.717, 1.165) is 11.3 Å². The summed E-state index contributed by atoms with van der Waals surface area (Å²) in [4.78, 5) is 30.9. The largest absolute Gasteiger partial charge is 0.504 e. The highest BCUT2D eigenvalue weighted by molar-refractivity contribution is 6.09. The van der Waals surface area contributed by atoms with E-state index >= 15 is 0 Å². The molecular weight excluding hydrogens is 370 g/mol. The van der Waals surface area contributed by atoms with E-state index in [1.165, 1.54) is 13.2 Å². The number of rotatable bonds is 4. The normalized spacial score (nSPS) is 23.6. The summed E-state index contributed by atoms with van der Waals surface area (Å²) in [7, 11) is 1.47. The van der Waals surface area contributed by atoms with Crippen LogP contribution in [0.2, 0.25) is 0 Å². The number of benzene rings is 1. The molecular formula is C23H29NO5. The number of ketones is 1. The highest BCUT2D eigenvalue weighted by atomic mass is 16.5. The molecule has 0 spiro atoms. The molecule has 0 saturated carbocycles. The number of aromatic hydroxyl groups is 1. The average molecular weight is 399 g/mol. The number of nitrogens with zero attached hydrogens (tertiary/aromatic N) is 1. The third-order valence-electron chi connectivity index (χ3n) is 5.47. The number of phenols is 1. The van der Waals surface area contributed by atoms with Gasteiger partial charge in [0.25, 0.3) is 0 Å². The van der Waals surface area contributed by atoms with Gasteiger partial charge in [-0.1, -0.05) is 19.9 Å². The molecule has 2 aliphatic rings. The number of allylic oxidation sites excluding steroid dienone is 2. The summed E-state index contributed by atoms with van der Waals surface area (Å²) in [6.45, 7) is 9.51. The lowest BCUT2D eigenvalue weighted by atomic mass is 9.67. The van der Waals surface area contributed by atoms with Crippen LogP contribution in [0.5, 0.6) is 11.5 Å². The van der Waals surface area contributed by atoms with Gasteiger partial charge < -0.3 is 14.6 Å². The predicted octanol–water partition coefficient (Wildman–Crippen LogP) is 4.17. The zero-order chi connectivity index (χ0) is 21.5. The first-order chi connectivity index (χ1) is 13.5. The van der Waals surface area contributed by atoms with Gasteiger partial charge in [0.1, 0.15) is 5.92 Å². The van der Waals surface area contributed by atoms with Gasteiger partial charge in [-0.15, -0.1) is 0 Å². The van der Waals surface area contributed by atoms with Crippen LogP contribution in [0, 0.1) is 11.3 Å². The zero-order valence-corrected chi connectivity index (χ0v) is 17.9. The number of aliphatic imine (C=N–C) groups is 1. The first-order valence-electron chi connectivity index (χ1n) is 9.93. The van der Waals surface area contributed by atoms with Gasteiger partial charge in [-0.2, -0.15) is 0 Å². The molecule has 2 atom stereocenters. The zero-order valence-electron chi connectivity index (χ0n) is 17.9. The Morgan fingerprint density at radius 2 is 1.97 bits per heavy atom. The second kappa shape index (κ2) is 7.65. The minimum atomic E-state index is -0.699. The van der Waals surface area contributed by atoms with E-state index in [9.17, 15) is 14.7 Å². The van der Waals surface area contributed by atoms with E-state index in [2.05, 4.69) is 18.8 Å². The van der Waals surface area contributed by atoms with Crippen LogP contribution in [0.4, 0.5) is 0 Å². The third-order valence-corrected chi connectivity index (χ3v) is 5.47. The van der Waals surface area contributed by atoms with Gasteiger partial charge in [-0.05, 0) is 50.3 Å². The molecule has 156 valence electrons. The van der Waals surface area contributed by atoms with E-state index in [4.69, 9.17) is 9.47 Å². The molecule has 1 heterocycles. The standard InChI is InChI=1S/C23H29NO5/c1-12(2)29-22(27)19-13(3)24-15-10-23(4,5)11-17(26)21(15)20(19)14-7-8-16(25)18(9-14)28-6/h7-9,12,19-20,25H,10-11H2,1-6H3/t19?,20-/m1/s1. The van der Waals surface area contributed by atoms with Crippen molar-refractivity contribution in [1.29, 1.82) is 0 Å². The summed E-state index contributed by atoms with van der Waals surface area (Å²) in [5.74, 6) is -1.31. The Bertz CT molecular complexity index is 910. The molecule has 0 aromatic heterocycles. The van der Waals surface area contributed by atoms with Gasteiger partial charge in [0.2, 0.25) is 0 Å². The first kappa shape index (κ1) is 21.1. The number of hydrogen-bond donors (Lipinski definition) is 1. The van der Waals surface area contributed by atoms with Crippen molar-refractivity contribution in [2.75, 3.05) is 7.11 Å². The monoisotopic (exact) mass is 399 g/mol. The van der Waals surface area contributed by atoms with E-state index in [1.807, 2.05) is 6.92 Å². The topological polar surface area (TPSA) is 85.2 Å². The Morgan fingerprint density at radius 3 is 2.59 bits per heavy atom. The number of phenolic OH excluding ortho intramolecular Hbond substituents is 1. The van der Waals surface area contributed by atoms with Gasteiger partial charge in [0.15, 0.2) is 17.3 Å². The fraction of sp³-hybridized carbons (Fsp3) is 0.522. The Morgan fingerprint density at radius 1 is 1.28 bits per heavy atom. The number of ether oxygens (including phenoxy) is 2. The number of carbonyl (C=O) groups is 2. The molecule has 1 aliphatic heterocycles. The number of hydrogen-bond acceptors (Lipinski definition) is 6. The van der Waals surface area contributed by atoms with Crippen molar-refractivity contribution in [3.05, 3.63) is 35.0 Å². The molecule has 1 unspecified atom stereocenters. The summed E-state index contributed by atoms with van der Waals surface area (Å²) < 4.78 is 10.8. The second-order valence-corrected chi connectivity index (χ2v) is 8.93. The minimum Gasteiger partial charge on any atom is -0.504 e.